The molecular weight excluding hydrogens is 259 g/mol. The van der Waals surface area contributed by atoms with Crippen LogP contribution >= 0.6 is 0 Å². The summed E-state index contributed by atoms with van der Waals surface area (Å²) in [5.41, 5.74) is 1.58. The molecule has 1 N–H and O–H groups in total. The molecule has 0 atom stereocenters. The SMILES string of the molecule is Cc1ccc(F)cc1Oc1nc(CNCC(C)C)co1. The first kappa shape index (κ1) is 14.5. The van der Waals surface area contributed by atoms with Crippen LogP contribution in [0.5, 0.6) is 11.8 Å². The zero-order chi connectivity index (χ0) is 14.5. The van der Waals surface area contributed by atoms with Crippen LogP contribution in [0.25, 0.3) is 0 Å². The van der Waals surface area contributed by atoms with Crippen LogP contribution in [0.2, 0.25) is 0 Å². The Labute approximate surface area is 118 Å². The van der Waals surface area contributed by atoms with E-state index < -0.39 is 0 Å². The quantitative estimate of drug-likeness (QED) is 0.876. The molecular formula is C15H19FN2O2. The van der Waals surface area contributed by atoms with Crippen molar-refractivity contribution in [3.05, 3.63) is 41.5 Å². The van der Waals surface area contributed by atoms with Crippen LogP contribution in [-0.2, 0) is 6.54 Å². The molecule has 20 heavy (non-hydrogen) atoms. The minimum atomic E-state index is -0.351. The Morgan fingerprint density at radius 2 is 2.20 bits per heavy atom. The summed E-state index contributed by atoms with van der Waals surface area (Å²) in [6.45, 7) is 7.64. The first-order valence-electron chi connectivity index (χ1n) is 6.63. The summed E-state index contributed by atoms with van der Waals surface area (Å²) in [5.74, 6) is 0.636. The molecule has 0 fully saturated rings. The van der Waals surface area contributed by atoms with Gasteiger partial charge in [-0.1, -0.05) is 19.9 Å². The van der Waals surface area contributed by atoms with Crippen molar-refractivity contribution in [1.29, 1.82) is 0 Å². The van der Waals surface area contributed by atoms with Crippen LogP contribution < -0.4 is 10.1 Å². The maximum atomic E-state index is 13.2. The third kappa shape index (κ3) is 4.06. The average Bonchev–Trinajstić information content (AvgIpc) is 2.81. The van der Waals surface area contributed by atoms with Crippen molar-refractivity contribution in [1.82, 2.24) is 10.3 Å². The monoisotopic (exact) mass is 278 g/mol. The molecule has 0 radical (unpaired) electrons. The van der Waals surface area contributed by atoms with Gasteiger partial charge in [-0.25, -0.2) is 4.39 Å². The Kier molecular flexibility index (Phi) is 4.74. The minimum Gasteiger partial charge on any atom is -0.417 e. The lowest BCUT2D eigenvalue weighted by atomic mass is 10.2. The van der Waals surface area contributed by atoms with E-state index in [4.69, 9.17) is 9.15 Å². The highest BCUT2D eigenvalue weighted by Gasteiger charge is 2.09. The van der Waals surface area contributed by atoms with Gasteiger partial charge in [0, 0.05) is 12.6 Å². The highest BCUT2D eigenvalue weighted by Crippen LogP contribution is 2.25. The second-order valence-electron chi connectivity index (χ2n) is 5.14. The third-order valence-corrected chi connectivity index (χ3v) is 2.74. The van der Waals surface area contributed by atoms with Gasteiger partial charge in [-0.2, -0.15) is 4.98 Å². The summed E-state index contributed by atoms with van der Waals surface area (Å²) in [5, 5.41) is 3.26. The van der Waals surface area contributed by atoms with E-state index in [9.17, 15) is 4.39 Å². The normalized spacial score (nSPS) is 11.1. The molecule has 0 aliphatic carbocycles. The van der Waals surface area contributed by atoms with Crippen molar-refractivity contribution in [2.24, 2.45) is 5.92 Å². The second kappa shape index (κ2) is 6.52. The van der Waals surface area contributed by atoms with Crippen molar-refractivity contribution < 1.29 is 13.5 Å². The van der Waals surface area contributed by atoms with Crippen LogP contribution in [0.4, 0.5) is 4.39 Å². The third-order valence-electron chi connectivity index (χ3n) is 2.74. The van der Waals surface area contributed by atoms with E-state index in [0.29, 0.717) is 18.2 Å². The van der Waals surface area contributed by atoms with Gasteiger partial charge in [0.2, 0.25) is 0 Å². The van der Waals surface area contributed by atoms with Crippen molar-refractivity contribution in [3.63, 3.8) is 0 Å². The molecule has 0 unspecified atom stereocenters. The van der Waals surface area contributed by atoms with E-state index in [1.165, 1.54) is 18.4 Å². The highest BCUT2D eigenvalue weighted by atomic mass is 19.1. The van der Waals surface area contributed by atoms with Crippen molar-refractivity contribution in [3.8, 4) is 11.8 Å². The number of hydrogen-bond donors (Lipinski definition) is 1. The summed E-state index contributed by atoms with van der Waals surface area (Å²) in [6, 6.07) is 4.36. The molecule has 5 heteroatoms. The van der Waals surface area contributed by atoms with Gasteiger partial charge in [0.05, 0.1) is 5.69 Å². The molecule has 108 valence electrons. The Bertz CT molecular complexity index is 567. The van der Waals surface area contributed by atoms with Gasteiger partial charge in [-0.15, -0.1) is 0 Å². The topological polar surface area (TPSA) is 47.3 Å². The first-order valence-corrected chi connectivity index (χ1v) is 6.63. The number of nitrogens with zero attached hydrogens (tertiary/aromatic N) is 1. The molecule has 0 amide bonds. The summed E-state index contributed by atoms with van der Waals surface area (Å²) in [6.07, 6.45) is 1.66. The highest BCUT2D eigenvalue weighted by molar-refractivity contribution is 5.34. The standard InChI is InChI=1S/C15H19FN2O2/c1-10(2)7-17-8-13-9-19-15(18-13)20-14-6-12(16)5-4-11(14)3/h4-6,9-10,17H,7-8H2,1-3H3. The fourth-order valence-corrected chi connectivity index (χ4v) is 1.68. The molecule has 0 saturated heterocycles. The number of benzene rings is 1. The Morgan fingerprint density at radius 1 is 1.40 bits per heavy atom. The number of rotatable bonds is 6. The average molecular weight is 278 g/mol. The van der Waals surface area contributed by atoms with Crippen molar-refractivity contribution in [2.45, 2.75) is 27.3 Å². The van der Waals surface area contributed by atoms with Gasteiger partial charge in [-0.3, -0.25) is 0 Å². The Morgan fingerprint density at radius 3 is 2.95 bits per heavy atom. The maximum Gasteiger partial charge on any atom is 0.399 e. The lowest BCUT2D eigenvalue weighted by Crippen LogP contribution is -2.19. The zero-order valence-corrected chi connectivity index (χ0v) is 11.9. The van der Waals surface area contributed by atoms with Crippen molar-refractivity contribution in [2.75, 3.05) is 6.54 Å². The number of oxazole rings is 1. The molecule has 0 bridgehead atoms. The fraction of sp³-hybridized carbons (Fsp3) is 0.400. The zero-order valence-electron chi connectivity index (χ0n) is 11.9. The predicted molar refractivity (Wildman–Crippen MR) is 74.3 cm³/mol. The van der Waals surface area contributed by atoms with Gasteiger partial charge < -0.3 is 14.5 Å². The lowest BCUT2D eigenvalue weighted by Gasteiger charge is -2.05. The summed E-state index contributed by atoms with van der Waals surface area (Å²) < 4.78 is 23.8. The van der Waals surface area contributed by atoms with Crippen LogP contribution in [-0.4, -0.2) is 11.5 Å². The number of ether oxygens (including phenoxy) is 1. The molecule has 1 aromatic carbocycles. The lowest BCUT2D eigenvalue weighted by molar-refractivity contribution is 0.328. The molecule has 1 aromatic heterocycles. The predicted octanol–water partition coefficient (Wildman–Crippen LogP) is 3.66. The minimum absolute atomic E-state index is 0.125. The summed E-state index contributed by atoms with van der Waals surface area (Å²) >= 11 is 0. The van der Waals surface area contributed by atoms with Crippen LogP contribution in [0.1, 0.15) is 25.1 Å². The van der Waals surface area contributed by atoms with E-state index in [-0.39, 0.29) is 11.9 Å². The van der Waals surface area contributed by atoms with E-state index in [0.717, 1.165) is 17.8 Å². The van der Waals surface area contributed by atoms with Gasteiger partial charge in [0.25, 0.3) is 0 Å². The van der Waals surface area contributed by atoms with Crippen LogP contribution in [0.3, 0.4) is 0 Å². The number of nitrogens with one attached hydrogen (secondary N) is 1. The largest absolute Gasteiger partial charge is 0.417 e. The van der Waals surface area contributed by atoms with Crippen LogP contribution in [0.15, 0.2) is 28.9 Å². The number of halogens is 1. The van der Waals surface area contributed by atoms with E-state index >= 15 is 0 Å². The fourth-order valence-electron chi connectivity index (χ4n) is 1.68. The van der Waals surface area contributed by atoms with E-state index in [1.54, 1.807) is 6.07 Å². The Hall–Kier alpha value is -1.88. The number of aromatic nitrogens is 1. The second-order valence-corrected chi connectivity index (χ2v) is 5.14. The summed E-state index contributed by atoms with van der Waals surface area (Å²) in [4.78, 5) is 4.20. The molecule has 4 nitrogen and oxygen atoms in total. The van der Waals surface area contributed by atoms with Gasteiger partial charge in [-0.05, 0) is 31.0 Å². The molecule has 0 spiro atoms. The van der Waals surface area contributed by atoms with Gasteiger partial charge in [0.1, 0.15) is 17.8 Å². The molecule has 0 aliphatic rings. The Balaban J connectivity index is 1.97. The van der Waals surface area contributed by atoms with E-state index in [1.807, 2.05) is 6.92 Å². The van der Waals surface area contributed by atoms with Crippen LogP contribution in [0, 0.1) is 18.7 Å². The molecule has 1 heterocycles. The van der Waals surface area contributed by atoms with Gasteiger partial charge in [0.15, 0.2) is 0 Å². The number of aryl methyl sites for hydroxylation is 1. The maximum absolute atomic E-state index is 13.2. The van der Waals surface area contributed by atoms with Crippen molar-refractivity contribution >= 4 is 0 Å². The smallest absolute Gasteiger partial charge is 0.399 e. The molecule has 0 saturated carbocycles. The molecule has 2 rings (SSSR count). The molecule has 0 aliphatic heterocycles. The molecule has 2 aromatic rings. The van der Waals surface area contributed by atoms with E-state index in [2.05, 4.69) is 24.1 Å². The first-order chi connectivity index (χ1) is 9.54. The number of hydrogen-bond acceptors (Lipinski definition) is 4. The summed E-state index contributed by atoms with van der Waals surface area (Å²) in [7, 11) is 0. The van der Waals surface area contributed by atoms with Gasteiger partial charge >= 0.3 is 6.08 Å².